The van der Waals surface area contributed by atoms with E-state index in [1.54, 1.807) is 0 Å². The van der Waals surface area contributed by atoms with Crippen LogP contribution >= 0.6 is 0 Å². The zero-order valence-corrected chi connectivity index (χ0v) is 24.3. The van der Waals surface area contributed by atoms with Gasteiger partial charge in [-0.15, -0.1) is 0 Å². The number of hydrogen-bond donors (Lipinski definition) is 0. The maximum Gasteiger partial charge on any atom is 0.0541 e. The fourth-order valence-electron chi connectivity index (χ4n) is 7.37. The van der Waals surface area contributed by atoms with E-state index in [9.17, 15) is 0 Å². The number of allylic oxidation sites excluding steroid dienone is 4. The third-order valence-electron chi connectivity index (χ3n) is 9.28. The van der Waals surface area contributed by atoms with E-state index in [0.717, 1.165) is 6.42 Å². The van der Waals surface area contributed by atoms with E-state index in [0.29, 0.717) is 0 Å². The van der Waals surface area contributed by atoms with Gasteiger partial charge in [-0.05, 0) is 65.6 Å². The Morgan fingerprint density at radius 1 is 0.477 bits per heavy atom. The minimum absolute atomic E-state index is 0.267. The quantitative estimate of drug-likeness (QED) is 0.202. The number of aromatic nitrogens is 2. The molecule has 9 rings (SSSR count). The molecule has 8 aromatic rings. The van der Waals surface area contributed by atoms with Crippen molar-refractivity contribution in [3.63, 3.8) is 0 Å². The third-order valence-corrected chi connectivity index (χ3v) is 9.28. The molecule has 0 fully saturated rings. The average molecular weight is 563 g/mol. The second-order valence-corrected chi connectivity index (χ2v) is 11.7. The normalized spacial score (nSPS) is 15.0. The van der Waals surface area contributed by atoms with Crippen molar-refractivity contribution in [2.75, 3.05) is 0 Å². The van der Waals surface area contributed by atoms with Crippen molar-refractivity contribution in [2.45, 2.75) is 12.3 Å². The molecule has 0 aliphatic heterocycles. The summed E-state index contributed by atoms with van der Waals surface area (Å²) in [5, 5.41) is 5.17. The highest BCUT2D eigenvalue weighted by Crippen LogP contribution is 2.41. The van der Waals surface area contributed by atoms with Crippen LogP contribution in [0.15, 0.2) is 164 Å². The molecule has 0 radical (unpaired) electrons. The lowest BCUT2D eigenvalue weighted by molar-refractivity contribution is 0.839. The highest BCUT2D eigenvalue weighted by molar-refractivity contribution is 6.10. The van der Waals surface area contributed by atoms with Crippen LogP contribution in [0.4, 0.5) is 0 Å². The predicted octanol–water partition coefficient (Wildman–Crippen LogP) is 11.1. The number of nitrogens with zero attached hydrogens (tertiary/aromatic N) is 2. The summed E-state index contributed by atoms with van der Waals surface area (Å²) in [5.41, 5.74) is 11.4. The third kappa shape index (κ3) is 3.81. The Morgan fingerprint density at radius 2 is 1.00 bits per heavy atom. The van der Waals surface area contributed by atoms with Gasteiger partial charge in [-0.25, -0.2) is 0 Å². The molecule has 6 aromatic carbocycles. The monoisotopic (exact) mass is 562 g/mol. The van der Waals surface area contributed by atoms with Crippen LogP contribution < -0.4 is 0 Å². The van der Waals surface area contributed by atoms with Crippen molar-refractivity contribution in [3.05, 3.63) is 169 Å². The molecule has 2 heteroatoms. The Kier molecular flexibility index (Phi) is 5.67. The number of rotatable bonds is 4. The molecule has 1 atom stereocenters. The van der Waals surface area contributed by atoms with Gasteiger partial charge in [0.05, 0.1) is 22.1 Å². The molecule has 0 bridgehead atoms. The van der Waals surface area contributed by atoms with Gasteiger partial charge in [0.15, 0.2) is 0 Å². The van der Waals surface area contributed by atoms with Gasteiger partial charge in [0.1, 0.15) is 0 Å². The van der Waals surface area contributed by atoms with Crippen LogP contribution in [0.3, 0.4) is 0 Å². The van der Waals surface area contributed by atoms with Crippen LogP contribution in [-0.4, -0.2) is 9.13 Å². The Labute approximate surface area is 256 Å². The van der Waals surface area contributed by atoms with Crippen molar-refractivity contribution >= 4 is 49.3 Å². The smallest absolute Gasteiger partial charge is 0.0541 e. The lowest BCUT2D eigenvalue weighted by atomic mass is 9.85. The molecule has 2 heterocycles. The Balaban J connectivity index is 1.14. The SMILES string of the molecule is C1=CC(c2ccccc2-c2cccc(-n3c4ccccc4c4ccccc43)c2)CC(n2c3ccccc3c3ccccc32)=C1. The molecule has 1 aliphatic rings. The maximum atomic E-state index is 2.46. The molecule has 0 amide bonds. The van der Waals surface area contributed by atoms with Gasteiger partial charge in [0.25, 0.3) is 0 Å². The molecule has 208 valence electrons. The second-order valence-electron chi connectivity index (χ2n) is 11.7. The summed E-state index contributed by atoms with van der Waals surface area (Å²) in [6.07, 6.45) is 7.84. The van der Waals surface area contributed by atoms with E-state index >= 15 is 0 Å². The van der Waals surface area contributed by atoms with E-state index in [1.807, 2.05) is 0 Å². The lowest BCUT2D eigenvalue weighted by Crippen LogP contribution is -2.07. The van der Waals surface area contributed by atoms with Crippen molar-refractivity contribution in [3.8, 4) is 16.8 Å². The van der Waals surface area contributed by atoms with Crippen LogP contribution in [0.1, 0.15) is 17.9 Å². The first-order valence-electron chi connectivity index (χ1n) is 15.4. The van der Waals surface area contributed by atoms with E-state index in [4.69, 9.17) is 0 Å². The van der Waals surface area contributed by atoms with Gasteiger partial charge in [-0.2, -0.15) is 0 Å². The van der Waals surface area contributed by atoms with Crippen molar-refractivity contribution in [2.24, 2.45) is 0 Å². The van der Waals surface area contributed by atoms with Crippen LogP contribution in [0.5, 0.6) is 0 Å². The van der Waals surface area contributed by atoms with Crippen LogP contribution in [0.2, 0.25) is 0 Å². The topological polar surface area (TPSA) is 9.86 Å². The number of para-hydroxylation sites is 4. The van der Waals surface area contributed by atoms with Gasteiger partial charge >= 0.3 is 0 Å². The van der Waals surface area contributed by atoms with Crippen molar-refractivity contribution in [1.29, 1.82) is 0 Å². The highest BCUT2D eigenvalue weighted by atomic mass is 15.0. The maximum absolute atomic E-state index is 2.46. The summed E-state index contributed by atoms with van der Waals surface area (Å²) < 4.78 is 4.87. The molecule has 0 N–H and O–H groups in total. The van der Waals surface area contributed by atoms with Crippen molar-refractivity contribution < 1.29 is 0 Å². The Bertz CT molecular complexity index is 2320. The molecule has 1 aliphatic carbocycles. The molecule has 0 spiro atoms. The first-order chi connectivity index (χ1) is 21.8. The number of fused-ring (bicyclic) bond motifs is 6. The molecule has 2 aromatic heterocycles. The average Bonchev–Trinajstić information content (AvgIpc) is 3.62. The second kappa shape index (κ2) is 10.00. The molecular formula is C42H30N2. The standard InChI is InChI=1S/C42H30N2/c1-2-18-34(30-14-12-16-32(28-30)44-41-25-9-5-21-37(41)38-22-6-10-26-42(38)44)33(17-1)29-13-11-15-31(27-29)43-39-23-7-3-19-35(39)36-20-4-8-24-40(36)43/h1-27,30H,28H2. The number of benzene rings is 6. The van der Waals surface area contributed by atoms with Crippen LogP contribution in [0.25, 0.3) is 66.1 Å². The minimum atomic E-state index is 0.267. The molecule has 1 unspecified atom stereocenters. The van der Waals surface area contributed by atoms with E-state index in [2.05, 4.69) is 173 Å². The summed E-state index contributed by atoms with van der Waals surface area (Å²) in [6, 6.07) is 53.0. The summed E-state index contributed by atoms with van der Waals surface area (Å²) in [6.45, 7) is 0. The summed E-state index contributed by atoms with van der Waals surface area (Å²) in [7, 11) is 0. The fraction of sp³-hybridized carbons (Fsp3) is 0.0476. The molecule has 0 saturated heterocycles. The number of hydrogen-bond acceptors (Lipinski definition) is 0. The first-order valence-corrected chi connectivity index (χ1v) is 15.4. The van der Waals surface area contributed by atoms with Gasteiger partial charge in [0.2, 0.25) is 0 Å². The van der Waals surface area contributed by atoms with Gasteiger partial charge < -0.3 is 9.13 Å². The van der Waals surface area contributed by atoms with Gasteiger partial charge in [-0.3, -0.25) is 0 Å². The zero-order chi connectivity index (χ0) is 29.0. The lowest BCUT2D eigenvalue weighted by Gasteiger charge is -2.23. The zero-order valence-electron chi connectivity index (χ0n) is 24.3. The summed E-state index contributed by atoms with van der Waals surface area (Å²) in [5.74, 6) is 0.267. The van der Waals surface area contributed by atoms with E-state index in [1.165, 1.54) is 71.7 Å². The summed E-state index contributed by atoms with van der Waals surface area (Å²) >= 11 is 0. The molecular weight excluding hydrogens is 532 g/mol. The Morgan fingerprint density at radius 3 is 1.61 bits per heavy atom. The van der Waals surface area contributed by atoms with E-state index in [-0.39, 0.29) is 5.92 Å². The van der Waals surface area contributed by atoms with Crippen molar-refractivity contribution in [1.82, 2.24) is 9.13 Å². The molecule has 0 saturated carbocycles. The summed E-state index contributed by atoms with van der Waals surface area (Å²) in [4.78, 5) is 0. The minimum Gasteiger partial charge on any atom is -0.313 e. The predicted molar refractivity (Wildman–Crippen MR) is 186 cm³/mol. The molecule has 44 heavy (non-hydrogen) atoms. The van der Waals surface area contributed by atoms with Gasteiger partial charge in [-0.1, -0.05) is 121 Å². The van der Waals surface area contributed by atoms with Gasteiger partial charge in [0, 0.05) is 38.8 Å². The molecule has 2 nitrogen and oxygen atoms in total. The van der Waals surface area contributed by atoms with E-state index < -0.39 is 0 Å². The fourth-order valence-corrected chi connectivity index (χ4v) is 7.37. The Hall–Kier alpha value is -5.60. The largest absolute Gasteiger partial charge is 0.313 e. The first kappa shape index (κ1) is 24.9. The van der Waals surface area contributed by atoms with Crippen LogP contribution in [-0.2, 0) is 0 Å². The highest BCUT2D eigenvalue weighted by Gasteiger charge is 2.21. The van der Waals surface area contributed by atoms with Crippen LogP contribution in [0, 0.1) is 0 Å².